The number of carbonyl (C=O) groups is 1. The lowest BCUT2D eigenvalue weighted by Crippen LogP contribution is -2.36. The summed E-state index contributed by atoms with van der Waals surface area (Å²) in [6.45, 7) is 4.19. The molecule has 0 atom stereocenters. The number of aliphatic imine (C=N–C) groups is 1. The Labute approximate surface area is 215 Å². The van der Waals surface area contributed by atoms with E-state index >= 15 is 0 Å². The number of aryl methyl sites for hydroxylation is 1. The van der Waals surface area contributed by atoms with Gasteiger partial charge in [-0.2, -0.15) is 5.26 Å². The van der Waals surface area contributed by atoms with Crippen LogP contribution in [0.25, 0.3) is 5.65 Å². The van der Waals surface area contributed by atoms with Gasteiger partial charge < -0.3 is 15.0 Å². The van der Waals surface area contributed by atoms with E-state index in [1.165, 1.54) is 4.90 Å². The Morgan fingerprint density at radius 2 is 2.15 bits per heavy atom. The normalized spacial score (nSPS) is 11.3. The van der Waals surface area contributed by atoms with Crippen LogP contribution in [0.3, 0.4) is 0 Å². The number of nitrogens with one attached hydrogen (secondary N) is 2. The Hall–Kier alpha value is -3.00. The minimum absolute atomic E-state index is 0.0749. The lowest BCUT2D eigenvalue weighted by Gasteiger charge is -2.20. The number of nitriles is 1. The third-order valence-corrected chi connectivity index (χ3v) is 6.61. The number of nitrogens with zero attached hydrogens (tertiary/aromatic N) is 5. The molecule has 0 aliphatic rings. The van der Waals surface area contributed by atoms with Crippen molar-refractivity contribution in [3.8, 4) is 11.9 Å². The van der Waals surface area contributed by atoms with Crippen LogP contribution in [0.15, 0.2) is 40.1 Å². The van der Waals surface area contributed by atoms with Crippen molar-refractivity contribution in [2.45, 2.75) is 20.5 Å². The summed E-state index contributed by atoms with van der Waals surface area (Å²) in [6, 6.07) is 6.98. The molecule has 178 valence electrons. The van der Waals surface area contributed by atoms with E-state index in [1.54, 1.807) is 25.4 Å². The summed E-state index contributed by atoms with van der Waals surface area (Å²) in [5.74, 6) is 0.459. The maximum absolute atomic E-state index is 12.7. The van der Waals surface area contributed by atoms with Gasteiger partial charge in [-0.1, -0.05) is 23.2 Å². The lowest BCUT2D eigenvalue weighted by atomic mass is 10.2. The summed E-state index contributed by atoms with van der Waals surface area (Å²) >= 11 is 16.6. The van der Waals surface area contributed by atoms with Crippen LogP contribution in [-0.4, -0.2) is 41.4 Å². The van der Waals surface area contributed by atoms with Crippen molar-refractivity contribution in [1.82, 2.24) is 20.0 Å². The van der Waals surface area contributed by atoms with E-state index in [2.05, 4.69) is 36.5 Å². The lowest BCUT2D eigenvalue weighted by molar-refractivity contribution is -0.116. The molecule has 2 aromatic heterocycles. The highest BCUT2D eigenvalue weighted by molar-refractivity contribution is 9.10. The second-order valence-electron chi connectivity index (χ2n) is 7.09. The third kappa shape index (κ3) is 5.55. The molecule has 2 heterocycles. The van der Waals surface area contributed by atoms with Gasteiger partial charge in [-0.15, -0.1) is 0 Å². The van der Waals surface area contributed by atoms with E-state index in [4.69, 9.17) is 33.2 Å². The fourth-order valence-corrected chi connectivity index (χ4v) is 4.09. The summed E-state index contributed by atoms with van der Waals surface area (Å²) < 4.78 is 8.74. The first-order valence-corrected chi connectivity index (χ1v) is 11.8. The van der Waals surface area contributed by atoms with Crippen LogP contribution in [0, 0.1) is 18.4 Å². The van der Waals surface area contributed by atoms with Crippen molar-refractivity contribution >= 4 is 62.3 Å². The van der Waals surface area contributed by atoms with Gasteiger partial charge in [-0.05, 0) is 54.0 Å². The molecule has 0 saturated heterocycles. The molecule has 12 heteroatoms. The highest BCUT2D eigenvalue weighted by Crippen LogP contribution is 2.35. The fourth-order valence-electron chi connectivity index (χ4n) is 3.11. The van der Waals surface area contributed by atoms with Gasteiger partial charge in [-0.3, -0.25) is 14.5 Å². The van der Waals surface area contributed by atoms with Gasteiger partial charge in [0.15, 0.2) is 17.6 Å². The molecule has 3 aromatic rings. The number of carbonyl (C=O) groups excluding carboxylic acids is 1. The van der Waals surface area contributed by atoms with Crippen molar-refractivity contribution in [3.05, 3.63) is 56.4 Å². The fraction of sp³-hybridized carbons (Fsp3) is 0.273. The number of ether oxygens (including phenoxy) is 1. The number of guanidine groups is 1. The van der Waals surface area contributed by atoms with Gasteiger partial charge in [0, 0.05) is 30.4 Å². The molecule has 1 aromatic carbocycles. The van der Waals surface area contributed by atoms with Crippen LogP contribution in [-0.2, 0) is 11.4 Å². The average Bonchev–Trinajstić information content (AvgIpc) is 3.11. The van der Waals surface area contributed by atoms with E-state index in [0.29, 0.717) is 39.2 Å². The molecular formula is C22H22BrCl2N7O2. The van der Waals surface area contributed by atoms with E-state index in [-0.39, 0.29) is 25.0 Å². The molecule has 0 radical (unpaired) electrons. The number of halogens is 3. The van der Waals surface area contributed by atoms with Crippen molar-refractivity contribution < 1.29 is 9.53 Å². The molecule has 3 rings (SSSR count). The van der Waals surface area contributed by atoms with Gasteiger partial charge >= 0.3 is 0 Å². The highest BCUT2D eigenvalue weighted by Gasteiger charge is 2.19. The molecule has 0 aliphatic carbocycles. The van der Waals surface area contributed by atoms with Crippen LogP contribution in [0.4, 0.5) is 5.69 Å². The highest BCUT2D eigenvalue weighted by atomic mass is 79.9. The van der Waals surface area contributed by atoms with E-state index < -0.39 is 0 Å². The SMILES string of the molecule is CCNC(=NCC(=O)N(C)c1ccc(Cl)c(COc2cccn3c(Br)c(C)nc23)c1Cl)NC#N. The number of fused-ring (bicyclic) bond motifs is 1. The first-order valence-electron chi connectivity index (χ1n) is 10.2. The quantitative estimate of drug-likeness (QED) is 0.191. The van der Waals surface area contributed by atoms with Gasteiger partial charge in [0.1, 0.15) is 17.8 Å². The smallest absolute Gasteiger partial charge is 0.248 e. The standard InChI is InChI=1S/C22H22BrCl2N7O2/c1-4-27-22(29-12-26)28-10-18(33)31(3)16-8-7-15(24)14(19(16)25)11-34-17-6-5-9-32-20(23)13(2)30-21(17)32/h5-9H,4,10-11H2,1-3H3,(H2,27,28,29). The number of imidazole rings is 1. The number of anilines is 1. The van der Waals surface area contributed by atoms with E-state index in [1.807, 2.05) is 36.6 Å². The van der Waals surface area contributed by atoms with Gasteiger partial charge in [0.2, 0.25) is 11.9 Å². The molecule has 9 nitrogen and oxygen atoms in total. The molecule has 2 N–H and O–H groups in total. The van der Waals surface area contributed by atoms with Crippen molar-refractivity contribution in [3.63, 3.8) is 0 Å². The second kappa shape index (κ2) is 11.4. The number of aromatic nitrogens is 2. The first-order chi connectivity index (χ1) is 16.3. The number of benzene rings is 1. The molecule has 0 unspecified atom stereocenters. The molecule has 0 fully saturated rings. The molecular weight excluding hydrogens is 545 g/mol. The van der Waals surface area contributed by atoms with Crippen molar-refractivity contribution in [1.29, 1.82) is 5.26 Å². The van der Waals surface area contributed by atoms with Crippen LogP contribution < -0.4 is 20.3 Å². The van der Waals surface area contributed by atoms with E-state index in [9.17, 15) is 4.79 Å². The minimum Gasteiger partial charge on any atom is -0.485 e. The van der Waals surface area contributed by atoms with Crippen LogP contribution in [0.1, 0.15) is 18.2 Å². The zero-order chi connectivity index (χ0) is 24.8. The Bertz CT molecular complexity index is 1290. The number of likely N-dealkylation sites (N-methyl/N-ethyl adjacent to an activating group) is 1. The Morgan fingerprint density at radius 1 is 1.38 bits per heavy atom. The Morgan fingerprint density at radius 3 is 2.85 bits per heavy atom. The monoisotopic (exact) mass is 565 g/mol. The maximum Gasteiger partial charge on any atom is 0.248 e. The molecule has 1 amide bonds. The van der Waals surface area contributed by atoms with E-state index in [0.717, 1.165) is 10.3 Å². The van der Waals surface area contributed by atoms with Crippen LogP contribution in [0.5, 0.6) is 5.75 Å². The van der Waals surface area contributed by atoms with Crippen LogP contribution in [0.2, 0.25) is 10.0 Å². The van der Waals surface area contributed by atoms with Crippen LogP contribution >= 0.6 is 39.1 Å². The molecule has 0 aliphatic heterocycles. The van der Waals surface area contributed by atoms with Gasteiger partial charge in [-0.25, -0.2) is 9.98 Å². The summed E-state index contributed by atoms with van der Waals surface area (Å²) in [6.07, 6.45) is 3.66. The third-order valence-electron chi connectivity index (χ3n) is 4.88. The molecule has 0 bridgehead atoms. The summed E-state index contributed by atoms with van der Waals surface area (Å²) in [4.78, 5) is 22.7. The Kier molecular flexibility index (Phi) is 8.61. The molecule has 34 heavy (non-hydrogen) atoms. The van der Waals surface area contributed by atoms with Crippen molar-refractivity contribution in [2.24, 2.45) is 4.99 Å². The summed E-state index contributed by atoms with van der Waals surface area (Å²) in [5, 5.41) is 14.8. The number of amides is 1. The second-order valence-corrected chi connectivity index (χ2v) is 8.62. The number of hydrogen-bond acceptors (Lipinski definition) is 5. The number of pyridine rings is 1. The minimum atomic E-state index is -0.325. The zero-order valence-electron chi connectivity index (χ0n) is 18.7. The number of hydrogen-bond donors (Lipinski definition) is 2. The molecule has 0 spiro atoms. The van der Waals surface area contributed by atoms with Gasteiger partial charge in [0.05, 0.1) is 16.4 Å². The average molecular weight is 567 g/mol. The topological polar surface area (TPSA) is 107 Å². The number of rotatable bonds is 7. The summed E-state index contributed by atoms with van der Waals surface area (Å²) in [7, 11) is 1.59. The maximum atomic E-state index is 12.7. The summed E-state index contributed by atoms with van der Waals surface area (Å²) in [5.41, 5.74) is 2.48. The first kappa shape index (κ1) is 25.6. The predicted molar refractivity (Wildman–Crippen MR) is 137 cm³/mol. The van der Waals surface area contributed by atoms with Gasteiger partial charge in [0.25, 0.3) is 0 Å². The molecule has 0 saturated carbocycles. The Balaban J connectivity index is 1.81. The van der Waals surface area contributed by atoms with Crippen molar-refractivity contribution in [2.75, 3.05) is 25.0 Å². The zero-order valence-corrected chi connectivity index (χ0v) is 21.8. The predicted octanol–water partition coefficient (Wildman–Crippen LogP) is 4.29. The largest absolute Gasteiger partial charge is 0.485 e.